The molecule has 1 atom stereocenters. The van der Waals surface area contributed by atoms with E-state index in [9.17, 15) is 9.59 Å². The number of nitrogens with one attached hydrogen (secondary N) is 3. The lowest BCUT2D eigenvalue weighted by molar-refractivity contribution is -0.122. The zero-order chi connectivity index (χ0) is 19.1. The molecule has 0 bridgehead atoms. The fraction of sp³-hybridized carbons (Fsp3) is 0.333. The summed E-state index contributed by atoms with van der Waals surface area (Å²) in [6, 6.07) is 16.2. The molecule has 2 aromatic rings. The van der Waals surface area contributed by atoms with E-state index >= 15 is 0 Å². The molecule has 142 valence electrons. The van der Waals surface area contributed by atoms with Gasteiger partial charge in [-0.15, -0.1) is 0 Å². The van der Waals surface area contributed by atoms with E-state index in [-0.39, 0.29) is 11.8 Å². The quantitative estimate of drug-likeness (QED) is 0.581. The highest BCUT2D eigenvalue weighted by Crippen LogP contribution is 2.17. The number of carbonyl (C=O) groups is 2. The van der Waals surface area contributed by atoms with Crippen molar-refractivity contribution in [3.05, 3.63) is 70.7 Å². The van der Waals surface area contributed by atoms with Crippen molar-refractivity contribution in [3.8, 4) is 0 Å². The van der Waals surface area contributed by atoms with E-state index in [2.05, 4.69) is 16.0 Å². The van der Waals surface area contributed by atoms with Gasteiger partial charge in [0.25, 0.3) is 5.91 Å². The fourth-order valence-electron chi connectivity index (χ4n) is 2.77. The van der Waals surface area contributed by atoms with Gasteiger partial charge in [0.2, 0.25) is 5.91 Å². The second-order valence-electron chi connectivity index (χ2n) is 6.74. The van der Waals surface area contributed by atoms with Crippen LogP contribution in [0.4, 0.5) is 0 Å². The molecule has 0 unspecified atom stereocenters. The third kappa shape index (κ3) is 6.38. The number of benzene rings is 2. The van der Waals surface area contributed by atoms with Crippen molar-refractivity contribution >= 4 is 23.4 Å². The number of amides is 2. The van der Waals surface area contributed by atoms with Crippen molar-refractivity contribution in [2.75, 3.05) is 13.1 Å². The van der Waals surface area contributed by atoms with Crippen LogP contribution in [0.5, 0.6) is 0 Å². The second kappa shape index (κ2) is 9.53. The fourth-order valence-corrected chi connectivity index (χ4v) is 2.90. The summed E-state index contributed by atoms with van der Waals surface area (Å²) in [5.41, 5.74) is 1.46. The Balaban J connectivity index is 1.61. The topological polar surface area (TPSA) is 70.2 Å². The van der Waals surface area contributed by atoms with Crippen LogP contribution in [0.25, 0.3) is 0 Å². The van der Waals surface area contributed by atoms with Gasteiger partial charge in [-0.2, -0.15) is 0 Å². The highest BCUT2D eigenvalue weighted by atomic mass is 35.5. The van der Waals surface area contributed by atoms with E-state index in [1.807, 2.05) is 30.3 Å². The summed E-state index contributed by atoms with van der Waals surface area (Å²) in [5.74, 6) is -0.474. The molecule has 2 amide bonds. The first kappa shape index (κ1) is 19.4. The normalized spacial score (nSPS) is 14.4. The average Bonchev–Trinajstić information content (AvgIpc) is 3.50. The predicted octanol–water partition coefficient (Wildman–Crippen LogP) is 2.55. The van der Waals surface area contributed by atoms with E-state index in [1.165, 1.54) is 12.8 Å². The smallest absolute Gasteiger partial charge is 0.251 e. The van der Waals surface area contributed by atoms with Gasteiger partial charge in [0.1, 0.15) is 6.04 Å². The van der Waals surface area contributed by atoms with Gasteiger partial charge in [-0.05, 0) is 42.7 Å². The lowest BCUT2D eigenvalue weighted by Crippen LogP contribution is -2.49. The Labute approximate surface area is 164 Å². The van der Waals surface area contributed by atoms with Gasteiger partial charge in [-0.1, -0.05) is 41.9 Å². The maximum atomic E-state index is 12.7. The van der Waals surface area contributed by atoms with Gasteiger partial charge in [0, 0.05) is 36.1 Å². The van der Waals surface area contributed by atoms with Crippen LogP contribution in [0.3, 0.4) is 0 Å². The van der Waals surface area contributed by atoms with Crippen LogP contribution in [-0.4, -0.2) is 37.0 Å². The van der Waals surface area contributed by atoms with Crippen molar-refractivity contribution in [2.45, 2.75) is 31.3 Å². The van der Waals surface area contributed by atoms with Gasteiger partial charge >= 0.3 is 0 Å². The predicted molar refractivity (Wildman–Crippen MR) is 107 cm³/mol. The molecule has 2 aromatic carbocycles. The molecule has 1 fully saturated rings. The Kier molecular flexibility index (Phi) is 6.85. The molecular formula is C21H24ClN3O2. The number of halogens is 1. The lowest BCUT2D eigenvalue weighted by Gasteiger charge is -2.19. The maximum absolute atomic E-state index is 12.7. The van der Waals surface area contributed by atoms with Crippen molar-refractivity contribution in [3.63, 3.8) is 0 Å². The molecule has 0 spiro atoms. The second-order valence-corrected chi connectivity index (χ2v) is 7.18. The van der Waals surface area contributed by atoms with Crippen LogP contribution in [0, 0.1) is 0 Å². The monoisotopic (exact) mass is 385 g/mol. The minimum absolute atomic E-state index is 0.182. The summed E-state index contributed by atoms with van der Waals surface area (Å²) in [7, 11) is 0. The molecule has 1 aliphatic rings. The first-order chi connectivity index (χ1) is 13.1. The average molecular weight is 386 g/mol. The minimum atomic E-state index is -0.642. The third-order valence-corrected chi connectivity index (χ3v) is 4.70. The first-order valence-electron chi connectivity index (χ1n) is 9.23. The molecule has 0 radical (unpaired) electrons. The number of rotatable bonds is 9. The largest absolute Gasteiger partial charge is 0.353 e. The van der Waals surface area contributed by atoms with E-state index < -0.39 is 6.04 Å². The SMILES string of the molecule is O=C(N[C@@H](Cc1ccccc1)C(=O)NCCNC1CC1)c1ccc(Cl)cc1. The summed E-state index contributed by atoms with van der Waals surface area (Å²) in [5, 5.41) is 9.68. The van der Waals surface area contributed by atoms with Gasteiger partial charge in [-0.3, -0.25) is 9.59 Å². The van der Waals surface area contributed by atoms with Crippen molar-refractivity contribution < 1.29 is 9.59 Å². The molecule has 27 heavy (non-hydrogen) atoms. The summed E-state index contributed by atoms with van der Waals surface area (Å²) < 4.78 is 0. The number of hydrogen-bond donors (Lipinski definition) is 3. The Morgan fingerprint density at radius 3 is 2.37 bits per heavy atom. The van der Waals surface area contributed by atoms with Crippen LogP contribution in [-0.2, 0) is 11.2 Å². The van der Waals surface area contributed by atoms with Crippen molar-refractivity contribution in [1.82, 2.24) is 16.0 Å². The van der Waals surface area contributed by atoms with E-state index in [0.29, 0.717) is 29.6 Å². The minimum Gasteiger partial charge on any atom is -0.353 e. The van der Waals surface area contributed by atoms with Crippen LogP contribution < -0.4 is 16.0 Å². The Bertz CT molecular complexity index is 761. The summed E-state index contributed by atoms with van der Waals surface area (Å²) in [6.45, 7) is 1.27. The first-order valence-corrected chi connectivity index (χ1v) is 9.61. The van der Waals surface area contributed by atoms with Crippen LogP contribution >= 0.6 is 11.6 Å². The molecule has 1 aliphatic carbocycles. The van der Waals surface area contributed by atoms with E-state index in [4.69, 9.17) is 11.6 Å². The molecule has 0 aromatic heterocycles. The summed E-state index contributed by atoms with van der Waals surface area (Å²) in [4.78, 5) is 25.2. The lowest BCUT2D eigenvalue weighted by atomic mass is 10.0. The zero-order valence-electron chi connectivity index (χ0n) is 15.1. The highest BCUT2D eigenvalue weighted by Gasteiger charge is 2.23. The number of hydrogen-bond acceptors (Lipinski definition) is 3. The van der Waals surface area contributed by atoms with E-state index in [0.717, 1.165) is 12.1 Å². The van der Waals surface area contributed by atoms with Crippen LogP contribution in [0.2, 0.25) is 5.02 Å². The summed E-state index contributed by atoms with van der Waals surface area (Å²) in [6.07, 6.45) is 2.85. The third-order valence-electron chi connectivity index (χ3n) is 4.45. The molecule has 1 saturated carbocycles. The molecule has 6 heteroatoms. The standard InChI is InChI=1S/C21H24ClN3O2/c22-17-8-6-16(7-9-17)20(26)25-19(14-15-4-2-1-3-5-15)21(27)24-13-12-23-18-10-11-18/h1-9,18-19,23H,10-14H2,(H,24,27)(H,25,26)/t19-/m0/s1. The van der Waals surface area contributed by atoms with E-state index in [1.54, 1.807) is 24.3 Å². The Morgan fingerprint density at radius 2 is 1.70 bits per heavy atom. The van der Waals surface area contributed by atoms with Gasteiger partial charge in [0.15, 0.2) is 0 Å². The number of carbonyl (C=O) groups excluding carboxylic acids is 2. The Morgan fingerprint density at radius 1 is 1.00 bits per heavy atom. The zero-order valence-corrected chi connectivity index (χ0v) is 15.8. The van der Waals surface area contributed by atoms with Crippen molar-refractivity contribution in [2.24, 2.45) is 0 Å². The van der Waals surface area contributed by atoms with Gasteiger partial charge in [0.05, 0.1) is 0 Å². The Hall–Kier alpha value is -2.37. The van der Waals surface area contributed by atoms with Gasteiger partial charge in [-0.25, -0.2) is 0 Å². The van der Waals surface area contributed by atoms with Crippen LogP contribution in [0.15, 0.2) is 54.6 Å². The maximum Gasteiger partial charge on any atom is 0.251 e. The van der Waals surface area contributed by atoms with Gasteiger partial charge < -0.3 is 16.0 Å². The molecular weight excluding hydrogens is 362 g/mol. The highest BCUT2D eigenvalue weighted by molar-refractivity contribution is 6.30. The molecule has 0 aliphatic heterocycles. The molecule has 3 rings (SSSR count). The summed E-state index contributed by atoms with van der Waals surface area (Å²) >= 11 is 5.88. The molecule has 0 heterocycles. The molecule has 3 N–H and O–H groups in total. The van der Waals surface area contributed by atoms with Crippen LogP contribution in [0.1, 0.15) is 28.8 Å². The molecule has 5 nitrogen and oxygen atoms in total. The van der Waals surface area contributed by atoms with Crippen molar-refractivity contribution in [1.29, 1.82) is 0 Å². The molecule has 0 saturated heterocycles.